The van der Waals surface area contributed by atoms with Gasteiger partial charge in [-0.3, -0.25) is 14.4 Å². The van der Waals surface area contributed by atoms with Crippen molar-refractivity contribution in [3.8, 4) is 0 Å². The van der Waals surface area contributed by atoms with Crippen LogP contribution in [0.1, 0.15) is 10.5 Å². The van der Waals surface area contributed by atoms with Crippen LogP contribution < -0.4 is 5.56 Å². The molecule has 1 aliphatic rings. The minimum Gasteiger partial charge on any atom is -0.468 e. The molecule has 3 rings (SSSR count). The van der Waals surface area contributed by atoms with Crippen LogP contribution in [0.4, 0.5) is 0 Å². The van der Waals surface area contributed by atoms with E-state index in [1.165, 1.54) is 30.6 Å². The lowest BCUT2D eigenvalue weighted by Crippen LogP contribution is -2.45. The van der Waals surface area contributed by atoms with E-state index in [2.05, 4.69) is 5.10 Å². The molecule has 1 atom stereocenters. The first-order valence-electron chi connectivity index (χ1n) is 7.47. The van der Waals surface area contributed by atoms with Crippen LogP contribution in [0.3, 0.4) is 0 Å². The number of thioether (sulfide) groups is 1. The minimum atomic E-state index is -0.397. The van der Waals surface area contributed by atoms with Gasteiger partial charge in [0, 0.05) is 31.3 Å². The monoisotopic (exact) mass is 347 g/mol. The van der Waals surface area contributed by atoms with Crippen molar-refractivity contribution in [3.05, 3.63) is 40.3 Å². The summed E-state index contributed by atoms with van der Waals surface area (Å²) in [5, 5.41) is 4.74. The molecule has 1 amide bonds. The fourth-order valence-corrected chi connectivity index (χ4v) is 3.84. The number of amides is 1. The predicted molar refractivity (Wildman–Crippen MR) is 91.1 cm³/mol. The van der Waals surface area contributed by atoms with E-state index in [-0.39, 0.29) is 29.7 Å². The van der Waals surface area contributed by atoms with Crippen LogP contribution in [0.15, 0.2) is 29.1 Å². The van der Waals surface area contributed by atoms with Crippen LogP contribution in [-0.2, 0) is 16.6 Å². The molecule has 0 N–H and O–H groups in total. The minimum absolute atomic E-state index is 0.225. The van der Waals surface area contributed by atoms with Crippen molar-refractivity contribution < 1.29 is 14.3 Å². The predicted octanol–water partition coefficient (Wildman–Crippen LogP) is 0.664. The number of hydrogen-bond acceptors (Lipinski definition) is 6. The molecule has 0 bridgehead atoms. The van der Waals surface area contributed by atoms with E-state index in [0.717, 1.165) is 0 Å². The number of carbonyl (C=O) groups excluding carboxylic acids is 2. The third kappa shape index (κ3) is 2.89. The zero-order chi connectivity index (χ0) is 17.3. The fraction of sp³-hybridized carbons (Fsp3) is 0.375. The topological polar surface area (TPSA) is 81.5 Å². The number of methoxy groups -OCH3 is 1. The number of fused-ring (bicyclic) bond motifs is 1. The van der Waals surface area contributed by atoms with Gasteiger partial charge in [-0.15, -0.1) is 11.8 Å². The maximum absolute atomic E-state index is 12.9. The van der Waals surface area contributed by atoms with Gasteiger partial charge in [-0.25, -0.2) is 4.68 Å². The molecule has 7 nitrogen and oxygen atoms in total. The van der Waals surface area contributed by atoms with E-state index in [1.807, 2.05) is 0 Å². The standard InChI is InChI=1S/C16H17N3O4S/c1-18-14(20)11-6-4-3-5-10(11)13(17-18)15(21)19-7-8-24-12(9-19)16(22)23-2/h3-6,12H,7-9H2,1-2H3/t12-/m0/s1. The van der Waals surface area contributed by atoms with Crippen molar-refractivity contribution in [1.29, 1.82) is 0 Å². The highest BCUT2D eigenvalue weighted by Crippen LogP contribution is 2.22. The molecule has 2 heterocycles. The molecule has 1 aromatic heterocycles. The number of esters is 1. The summed E-state index contributed by atoms with van der Waals surface area (Å²) in [5.41, 5.74) is -0.0213. The number of nitrogens with zero attached hydrogens (tertiary/aromatic N) is 3. The number of rotatable bonds is 2. The van der Waals surface area contributed by atoms with Crippen LogP contribution in [-0.4, -0.2) is 57.8 Å². The molecule has 126 valence electrons. The quantitative estimate of drug-likeness (QED) is 0.743. The van der Waals surface area contributed by atoms with Crippen molar-refractivity contribution in [2.45, 2.75) is 5.25 Å². The largest absolute Gasteiger partial charge is 0.468 e. The van der Waals surface area contributed by atoms with Crippen molar-refractivity contribution in [2.24, 2.45) is 7.05 Å². The molecule has 0 unspecified atom stereocenters. The van der Waals surface area contributed by atoms with Crippen LogP contribution in [0.25, 0.3) is 10.8 Å². The lowest BCUT2D eigenvalue weighted by Gasteiger charge is -2.30. The molecule has 1 saturated heterocycles. The highest BCUT2D eigenvalue weighted by atomic mass is 32.2. The Labute approximate surface area is 142 Å². The molecule has 2 aromatic rings. The smallest absolute Gasteiger partial charge is 0.320 e. The zero-order valence-electron chi connectivity index (χ0n) is 13.4. The average Bonchev–Trinajstić information content (AvgIpc) is 2.63. The maximum atomic E-state index is 12.9. The van der Waals surface area contributed by atoms with Gasteiger partial charge in [0.05, 0.1) is 12.5 Å². The Bertz CT molecular complexity index is 864. The van der Waals surface area contributed by atoms with Crippen molar-refractivity contribution in [1.82, 2.24) is 14.7 Å². The van der Waals surface area contributed by atoms with E-state index >= 15 is 0 Å². The number of aromatic nitrogens is 2. The van der Waals surface area contributed by atoms with E-state index in [9.17, 15) is 14.4 Å². The molecule has 8 heteroatoms. The van der Waals surface area contributed by atoms with Gasteiger partial charge in [0.2, 0.25) is 0 Å². The van der Waals surface area contributed by atoms with Crippen LogP contribution in [0, 0.1) is 0 Å². The summed E-state index contributed by atoms with van der Waals surface area (Å²) in [7, 11) is 2.86. The van der Waals surface area contributed by atoms with Gasteiger partial charge in [-0.2, -0.15) is 5.10 Å². The second kappa shape index (κ2) is 6.64. The number of benzene rings is 1. The zero-order valence-corrected chi connectivity index (χ0v) is 14.2. The van der Waals surface area contributed by atoms with Gasteiger partial charge in [0.1, 0.15) is 5.25 Å². The number of carbonyl (C=O) groups is 2. The van der Waals surface area contributed by atoms with Gasteiger partial charge in [-0.1, -0.05) is 18.2 Å². The van der Waals surface area contributed by atoms with Gasteiger partial charge in [-0.05, 0) is 6.07 Å². The molecule has 1 aromatic carbocycles. The Morgan fingerprint density at radius 1 is 1.29 bits per heavy atom. The Morgan fingerprint density at radius 2 is 2.00 bits per heavy atom. The summed E-state index contributed by atoms with van der Waals surface area (Å²) in [5.74, 6) is 0.0293. The molecule has 0 aliphatic carbocycles. The highest BCUT2D eigenvalue weighted by molar-refractivity contribution is 8.00. The summed E-state index contributed by atoms with van der Waals surface area (Å²) in [6.45, 7) is 0.796. The van der Waals surface area contributed by atoms with Crippen LogP contribution >= 0.6 is 11.8 Å². The summed E-state index contributed by atoms with van der Waals surface area (Å²) in [4.78, 5) is 38.4. The lowest BCUT2D eigenvalue weighted by molar-refractivity contribution is -0.140. The second-order valence-electron chi connectivity index (χ2n) is 5.46. The Kier molecular flexibility index (Phi) is 4.57. The van der Waals surface area contributed by atoms with Gasteiger partial charge in [0.15, 0.2) is 5.69 Å². The Hall–Kier alpha value is -2.35. The summed E-state index contributed by atoms with van der Waals surface area (Å²) in [6, 6.07) is 6.92. The van der Waals surface area contributed by atoms with Gasteiger partial charge in [0.25, 0.3) is 11.5 Å². The van der Waals surface area contributed by atoms with Crippen molar-refractivity contribution in [2.75, 3.05) is 26.0 Å². The SMILES string of the molecule is COC(=O)[C@@H]1CN(C(=O)c2nn(C)c(=O)c3ccccc23)CCS1. The van der Waals surface area contributed by atoms with Crippen LogP contribution in [0.5, 0.6) is 0 Å². The molecule has 0 spiro atoms. The van der Waals surface area contributed by atoms with Crippen molar-refractivity contribution >= 4 is 34.4 Å². The van der Waals surface area contributed by atoms with E-state index in [0.29, 0.717) is 23.1 Å². The number of ether oxygens (including phenoxy) is 1. The maximum Gasteiger partial charge on any atom is 0.320 e. The molecular formula is C16H17N3O4S. The molecule has 0 saturated carbocycles. The first kappa shape index (κ1) is 16.5. The Morgan fingerprint density at radius 3 is 2.71 bits per heavy atom. The summed E-state index contributed by atoms with van der Waals surface area (Å²) >= 11 is 1.48. The first-order chi connectivity index (χ1) is 11.5. The van der Waals surface area contributed by atoms with Gasteiger partial charge >= 0.3 is 5.97 Å². The fourth-order valence-electron chi connectivity index (χ4n) is 2.72. The molecule has 1 aliphatic heterocycles. The van der Waals surface area contributed by atoms with Crippen LogP contribution in [0.2, 0.25) is 0 Å². The third-order valence-corrected chi connectivity index (χ3v) is 5.14. The molecule has 24 heavy (non-hydrogen) atoms. The van der Waals surface area contributed by atoms with Gasteiger partial charge < -0.3 is 9.64 Å². The molecule has 0 radical (unpaired) electrons. The Balaban J connectivity index is 1.98. The van der Waals surface area contributed by atoms with E-state index < -0.39 is 5.25 Å². The van der Waals surface area contributed by atoms with Crippen molar-refractivity contribution in [3.63, 3.8) is 0 Å². The first-order valence-corrected chi connectivity index (χ1v) is 8.52. The normalized spacial score (nSPS) is 17.8. The summed E-state index contributed by atoms with van der Waals surface area (Å²) < 4.78 is 5.94. The lowest BCUT2D eigenvalue weighted by atomic mass is 10.1. The highest BCUT2D eigenvalue weighted by Gasteiger charge is 2.31. The molecular weight excluding hydrogens is 330 g/mol. The van der Waals surface area contributed by atoms with E-state index in [4.69, 9.17) is 4.74 Å². The second-order valence-corrected chi connectivity index (χ2v) is 6.77. The van der Waals surface area contributed by atoms with E-state index in [1.54, 1.807) is 29.2 Å². The number of hydrogen-bond donors (Lipinski definition) is 0. The molecule has 1 fully saturated rings. The average molecular weight is 347 g/mol. The summed E-state index contributed by atoms with van der Waals surface area (Å²) in [6.07, 6.45) is 0. The third-order valence-electron chi connectivity index (χ3n) is 3.98. The number of aryl methyl sites for hydroxylation is 1.